The van der Waals surface area contributed by atoms with E-state index in [1.807, 2.05) is 0 Å². The van der Waals surface area contributed by atoms with Crippen molar-refractivity contribution >= 4 is 41.1 Å². The SMILES string of the molecule is CC(C)(C)[Si](OCC1=C(Cc2c[nH]c3ccccc23)[C@@H]2Nc3ccccc3[C@@H]2[C@H]2CCC(=O)[C@@H]12)(c1ccccc1)c1ccccc1. The molecule has 3 aliphatic rings. The molecule has 2 aliphatic carbocycles. The molecule has 0 spiro atoms. The normalized spacial score (nSPS) is 22.5. The van der Waals surface area contributed by atoms with Gasteiger partial charge < -0.3 is 14.7 Å². The summed E-state index contributed by atoms with van der Waals surface area (Å²) in [5.41, 5.74) is 7.54. The van der Waals surface area contributed by atoms with E-state index in [-0.39, 0.29) is 28.8 Å². The van der Waals surface area contributed by atoms with E-state index >= 15 is 0 Å². The van der Waals surface area contributed by atoms with Crippen molar-refractivity contribution in [1.29, 1.82) is 0 Å². The maximum Gasteiger partial charge on any atom is 0.261 e. The van der Waals surface area contributed by atoms with Crippen LogP contribution in [0.3, 0.4) is 0 Å². The van der Waals surface area contributed by atoms with Gasteiger partial charge in [0.1, 0.15) is 5.78 Å². The van der Waals surface area contributed by atoms with Crippen molar-refractivity contribution in [2.24, 2.45) is 11.8 Å². The van der Waals surface area contributed by atoms with Crippen LogP contribution in [0.1, 0.15) is 50.7 Å². The smallest absolute Gasteiger partial charge is 0.261 e. The number of H-pyrrole nitrogens is 1. The Labute approximate surface area is 273 Å². The van der Waals surface area contributed by atoms with E-state index in [9.17, 15) is 4.79 Å². The lowest BCUT2D eigenvalue weighted by Crippen LogP contribution is -2.66. The molecule has 5 heteroatoms. The van der Waals surface area contributed by atoms with Gasteiger partial charge in [0.05, 0.1) is 12.6 Å². The van der Waals surface area contributed by atoms with Gasteiger partial charge in [-0.3, -0.25) is 4.79 Å². The fraction of sp³-hybridized carbons (Fsp3) is 0.293. The lowest BCUT2D eigenvalue weighted by molar-refractivity contribution is -0.120. The van der Waals surface area contributed by atoms with Gasteiger partial charge in [0.25, 0.3) is 8.32 Å². The maximum atomic E-state index is 14.0. The highest BCUT2D eigenvalue weighted by Gasteiger charge is 2.55. The minimum Gasteiger partial charge on any atom is -0.403 e. The Morgan fingerprint density at radius 1 is 0.804 bits per heavy atom. The Morgan fingerprint density at radius 3 is 2.17 bits per heavy atom. The number of hydrogen-bond donors (Lipinski definition) is 2. The lowest BCUT2D eigenvalue weighted by atomic mass is 9.66. The van der Waals surface area contributed by atoms with Gasteiger partial charge in [0, 0.05) is 41.0 Å². The quantitative estimate of drug-likeness (QED) is 0.144. The molecule has 1 aliphatic heterocycles. The zero-order valence-corrected chi connectivity index (χ0v) is 27.9. The summed E-state index contributed by atoms with van der Waals surface area (Å²) < 4.78 is 7.62. The monoisotopic (exact) mass is 622 g/mol. The molecule has 0 unspecified atom stereocenters. The molecule has 1 fully saturated rings. The van der Waals surface area contributed by atoms with Crippen LogP contribution in [0.4, 0.5) is 5.69 Å². The maximum absolute atomic E-state index is 14.0. The first-order valence-corrected chi connectivity index (χ1v) is 18.7. The highest BCUT2D eigenvalue weighted by Crippen LogP contribution is 2.56. The Hall–Kier alpha value is -4.19. The molecule has 4 nitrogen and oxygen atoms in total. The van der Waals surface area contributed by atoms with Gasteiger partial charge in [0.15, 0.2) is 0 Å². The molecule has 5 aromatic rings. The van der Waals surface area contributed by atoms with E-state index < -0.39 is 8.32 Å². The number of aromatic amines is 1. The molecule has 8 rings (SSSR count). The Balaban J connectivity index is 1.31. The highest BCUT2D eigenvalue weighted by atomic mass is 28.4. The number of anilines is 1. The van der Waals surface area contributed by atoms with E-state index in [0.29, 0.717) is 18.8 Å². The van der Waals surface area contributed by atoms with E-state index in [4.69, 9.17) is 4.43 Å². The zero-order chi connectivity index (χ0) is 31.5. The number of nitrogens with one attached hydrogen (secondary N) is 2. The molecule has 1 aromatic heterocycles. The van der Waals surface area contributed by atoms with Crippen LogP contribution in [0.25, 0.3) is 10.9 Å². The first-order chi connectivity index (χ1) is 22.4. The molecule has 4 aromatic carbocycles. The average molecular weight is 623 g/mol. The summed E-state index contributed by atoms with van der Waals surface area (Å²) in [7, 11) is -2.82. The van der Waals surface area contributed by atoms with Crippen LogP contribution < -0.4 is 15.7 Å². The van der Waals surface area contributed by atoms with Crippen LogP contribution in [0.15, 0.2) is 127 Å². The fourth-order valence-corrected chi connectivity index (χ4v) is 13.6. The molecular formula is C41H42N2O2Si. The largest absolute Gasteiger partial charge is 0.403 e. The zero-order valence-electron chi connectivity index (χ0n) is 26.9. The van der Waals surface area contributed by atoms with Gasteiger partial charge >= 0.3 is 0 Å². The summed E-state index contributed by atoms with van der Waals surface area (Å²) >= 11 is 0. The average Bonchev–Trinajstić information content (AvgIpc) is 3.78. The topological polar surface area (TPSA) is 54.1 Å². The second-order valence-electron chi connectivity index (χ2n) is 14.4. The second-order valence-corrected chi connectivity index (χ2v) is 18.7. The van der Waals surface area contributed by atoms with Crippen molar-refractivity contribution in [2.75, 3.05) is 11.9 Å². The molecule has 2 heterocycles. The number of para-hydroxylation sites is 2. The third-order valence-corrected chi connectivity index (χ3v) is 16.0. The third-order valence-electron chi connectivity index (χ3n) is 11.0. The predicted molar refractivity (Wildman–Crippen MR) is 190 cm³/mol. The molecule has 2 N–H and O–H groups in total. The number of aromatic nitrogens is 1. The molecule has 1 saturated carbocycles. The minimum absolute atomic E-state index is 0.118. The van der Waals surface area contributed by atoms with Gasteiger partial charge in [-0.2, -0.15) is 0 Å². The number of carbonyl (C=O) groups excluding carboxylic acids is 1. The van der Waals surface area contributed by atoms with E-state index in [0.717, 1.165) is 18.4 Å². The highest BCUT2D eigenvalue weighted by molar-refractivity contribution is 6.99. The second kappa shape index (κ2) is 11.3. The van der Waals surface area contributed by atoms with Crippen LogP contribution in [-0.2, 0) is 15.6 Å². The first kappa shape index (κ1) is 29.2. The van der Waals surface area contributed by atoms with Gasteiger partial charge in [-0.15, -0.1) is 0 Å². The van der Waals surface area contributed by atoms with Crippen LogP contribution in [-0.4, -0.2) is 31.7 Å². The predicted octanol–water partition coefficient (Wildman–Crippen LogP) is 7.77. The summed E-state index contributed by atoms with van der Waals surface area (Å²) in [5, 5.41) is 7.60. The fourth-order valence-electron chi connectivity index (χ4n) is 9.08. The van der Waals surface area contributed by atoms with Crippen molar-refractivity contribution in [3.63, 3.8) is 0 Å². The van der Waals surface area contributed by atoms with E-state index in [1.54, 1.807) is 0 Å². The minimum atomic E-state index is -2.82. The summed E-state index contributed by atoms with van der Waals surface area (Å²) in [6.07, 6.45) is 4.52. The first-order valence-electron chi connectivity index (χ1n) is 16.8. The number of hydrogen-bond acceptors (Lipinski definition) is 3. The van der Waals surface area contributed by atoms with Gasteiger partial charge in [-0.1, -0.05) is 118 Å². The number of ketones is 1. The Kier molecular flexibility index (Phi) is 7.15. The van der Waals surface area contributed by atoms with Crippen LogP contribution in [0.5, 0.6) is 0 Å². The molecule has 4 atom stereocenters. The van der Waals surface area contributed by atoms with Gasteiger partial charge in [-0.05, 0) is 68.6 Å². The number of carbonyl (C=O) groups is 1. The Morgan fingerprint density at radius 2 is 1.46 bits per heavy atom. The number of fused-ring (bicyclic) bond motifs is 6. The number of rotatable bonds is 7. The molecule has 46 heavy (non-hydrogen) atoms. The molecule has 0 bridgehead atoms. The van der Waals surface area contributed by atoms with E-state index in [1.165, 1.54) is 43.7 Å². The van der Waals surface area contributed by atoms with Gasteiger partial charge in [0.2, 0.25) is 0 Å². The summed E-state index contributed by atoms with van der Waals surface area (Å²) in [6.45, 7) is 7.45. The van der Waals surface area contributed by atoms with Crippen molar-refractivity contribution in [3.8, 4) is 0 Å². The van der Waals surface area contributed by atoms with Crippen LogP contribution >= 0.6 is 0 Å². The molecule has 0 radical (unpaired) electrons. The van der Waals surface area contributed by atoms with Crippen molar-refractivity contribution in [3.05, 3.63) is 138 Å². The lowest BCUT2D eigenvalue weighted by Gasteiger charge is -2.45. The molecule has 232 valence electrons. The molecule has 0 saturated heterocycles. The standard InChI is InChI=1S/C41H42N2O2Si/c1-41(2,3)46(28-14-6-4-7-15-28,29-16-8-5-9-17-29)45-26-34-33(24-27-25-42-35-20-12-10-18-30(27)35)40-39(32-22-23-37(44)38(32)34)31-19-11-13-21-36(31)43-40/h4-21,25,32,38-40,42-43H,22-24,26H2,1-3H3/t32-,38+,39+,40-/m0/s1. The molecule has 0 amide bonds. The Bertz CT molecular complexity index is 1900. The summed E-state index contributed by atoms with van der Waals surface area (Å²) in [4.78, 5) is 17.5. The number of Topliss-reactive ketones (excluding diaryl/α,β-unsaturated/α-hetero) is 1. The number of benzene rings is 4. The van der Waals surface area contributed by atoms with Crippen molar-refractivity contribution in [1.82, 2.24) is 4.98 Å². The van der Waals surface area contributed by atoms with Gasteiger partial charge in [-0.25, -0.2) is 0 Å². The van der Waals surface area contributed by atoms with Crippen molar-refractivity contribution < 1.29 is 9.22 Å². The van der Waals surface area contributed by atoms with E-state index in [2.05, 4.69) is 146 Å². The molecular weight excluding hydrogens is 581 g/mol. The third kappa shape index (κ3) is 4.55. The van der Waals surface area contributed by atoms with Crippen LogP contribution in [0, 0.1) is 11.8 Å². The van der Waals surface area contributed by atoms with Crippen molar-refractivity contribution in [2.45, 2.75) is 57.0 Å². The summed E-state index contributed by atoms with van der Waals surface area (Å²) in [5.74, 6) is 0.820. The van der Waals surface area contributed by atoms with Crippen LogP contribution in [0.2, 0.25) is 5.04 Å². The summed E-state index contributed by atoms with van der Waals surface area (Å²) in [6, 6.07) is 39.2.